The van der Waals surface area contributed by atoms with Crippen LogP contribution in [0.1, 0.15) is 17.3 Å². The number of thiazole rings is 1. The van der Waals surface area contributed by atoms with Gasteiger partial charge in [-0.1, -0.05) is 39.4 Å². The number of ether oxygens (including phenoxy) is 1. The Bertz CT molecular complexity index is 943. The number of nitrogens with zero attached hydrogens (tertiary/aromatic N) is 2. The van der Waals surface area contributed by atoms with Crippen molar-refractivity contribution in [3.8, 4) is 5.75 Å². The molecule has 0 saturated heterocycles. The summed E-state index contributed by atoms with van der Waals surface area (Å²) < 4.78 is 9.39. The van der Waals surface area contributed by atoms with E-state index in [0.717, 1.165) is 21.2 Å². The number of para-hydroxylation sites is 1. The van der Waals surface area contributed by atoms with Crippen molar-refractivity contribution in [2.75, 3.05) is 7.11 Å². The molecular weight excluding hydrogens is 376 g/mol. The molecule has 0 aliphatic heterocycles. The molecule has 0 spiro atoms. The number of hydrogen-bond acceptors (Lipinski definition) is 3. The van der Waals surface area contributed by atoms with Crippen molar-refractivity contribution in [3.63, 3.8) is 0 Å². The number of hydrogen-bond donors (Lipinski definition) is 0. The van der Waals surface area contributed by atoms with Gasteiger partial charge in [-0.2, -0.15) is 4.99 Å². The number of halogens is 1. The summed E-state index contributed by atoms with van der Waals surface area (Å²) in [5.74, 6) is 0.239. The third kappa shape index (κ3) is 3.09. The maximum atomic E-state index is 12.5. The molecule has 0 N–H and O–H groups in total. The highest BCUT2D eigenvalue weighted by Gasteiger charge is 2.12. The van der Waals surface area contributed by atoms with Crippen LogP contribution in [0.5, 0.6) is 5.75 Å². The summed E-state index contributed by atoms with van der Waals surface area (Å²) in [5.41, 5.74) is 1.54. The van der Waals surface area contributed by atoms with Crippen molar-refractivity contribution >= 4 is 43.4 Å². The first-order valence-corrected chi connectivity index (χ1v) is 8.76. The fraction of sp³-hybridized carbons (Fsp3) is 0.176. The predicted molar refractivity (Wildman–Crippen MR) is 96.1 cm³/mol. The Labute approximate surface area is 146 Å². The average molecular weight is 391 g/mol. The number of aryl methyl sites for hydroxylation is 1. The van der Waals surface area contributed by atoms with Gasteiger partial charge < -0.3 is 9.30 Å². The van der Waals surface area contributed by atoms with Crippen molar-refractivity contribution in [3.05, 3.63) is 57.3 Å². The fourth-order valence-corrected chi connectivity index (χ4v) is 4.05. The summed E-state index contributed by atoms with van der Waals surface area (Å²) in [7, 11) is 1.55. The summed E-state index contributed by atoms with van der Waals surface area (Å²) in [6, 6.07) is 13.2. The van der Waals surface area contributed by atoms with Gasteiger partial charge in [-0.3, -0.25) is 4.79 Å². The molecule has 0 bridgehead atoms. The van der Waals surface area contributed by atoms with Crippen LogP contribution in [0.15, 0.2) is 51.9 Å². The molecule has 0 atom stereocenters. The van der Waals surface area contributed by atoms with Gasteiger partial charge in [0.25, 0.3) is 5.91 Å². The third-order valence-electron chi connectivity index (χ3n) is 3.50. The molecule has 23 heavy (non-hydrogen) atoms. The molecule has 1 amide bonds. The molecule has 0 aliphatic rings. The first-order valence-electron chi connectivity index (χ1n) is 7.15. The molecule has 3 rings (SSSR count). The zero-order valence-corrected chi connectivity index (χ0v) is 15.1. The molecule has 0 fully saturated rings. The van der Waals surface area contributed by atoms with E-state index in [1.54, 1.807) is 25.3 Å². The van der Waals surface area contributed by atoms with Gasteiger partial charge in [0.2, 0.25) is 0 Å². The number of benzene rings is 2. The van der Waals surface area contributed by atoms with Crippen LogP contribution in [-0.2, 0) is 6.54 Å². The van der Waals surface area contributed by atoms with E-state index in [4.69, 9.17) is 4.74 Å². The lowest BCUT2D eigenvalue weighted by Gasteiger charge is -2.04. The van der Waals surface area contributed by atoms with Crippen LogP contribution >= 0.6 is 27.3 Å². The highest BCUT2D eigenvalue weighted by molar-refractivity contribution is 9.10. The molecule has 1 aromatic heterocycles. The second-order valence-corrected chi connectivity index (χ2v) is 6.78. The largest absolute Gasteiger partial charge is 0.496 e. The molecule has 0 radical (unpaired) electrons. The number of amides is 1. The molecule has 0 aliphatic carbocycles. The van der Waals surface area contributed by atoms with Crippen molar-refractivity contribution < 1.29 is 9.53 Å². The van der Waals surface area contributed by atoms with Crippen molar-refractivity contribution in [2.24, 2.45) is 4.99 Å². The zero-order chi connectivity index (χ0) is 16.4. The Balaban J connectivity index is 2.15. The highest BCUT2D eigenvalue weighted by atomic mass is 79.9. The minimum atomic E-state index is -0.296. The van der Waals surface area contributed by atoms with E-state index in [1.165, 1.54) is 11.3 Å². The molecule has 0 unspecified atom stereocenters. The number of carbonyl (C=O) groups is 1. The second-order valence-electron chi connectivity index (χ2n) is 4.86. The summed E-state index contributed by atoms with van der Waals surface area (Å²) in [5, 5.41) is 0. The minimum Gasteiger partial charge on any atom is -0.496 e. The maximum Gasteiger partial charge on any atom is 0.283 e. The lowest BCUT2D eigenvalue weighted by Crippen LogP contribution is -2.16. The van der Waals surface area contributed by atoms with Gasteiger partial charge in [0.15, 0.2) is 4.80 Å². The standard InChI is InChI=1S/C17H15BrN2O2S/c1-3-20-13-9-8-11(18)10-15(13)23-17(20)19-16(21)12-6-4-5-7-14(12)22-2/h4-10H,3H2,1-2H3. The number of aromatic nitrogens is 1. The zero-order valence-electron chi connectivity index (χ0n) is 12.7. The third-order valence-corrected chi connectivity index (χ3v) is 5.03. The average Bonchev–Trinajstić information content (AvgIpc) is 2.90. The van der Waals surface area contributed by atoms with Crippen molar-refractivity contribution in [2.45, 2.75) is 13.5 Å². The summed E-state index contributed by atoms with van der Waals surface area (Å²) >= 11 is 4.98. The van der Waals surface area contributed by atoms with E-state index in [2.05, 4.69) is 20.9 Å². The molecule has 6 heteroatoms. The Morgan fingerprint density at radius 2 is 2.09 bits per heavy atom. The van der Waals surface area contributed by atoms with Crippen LogP contribution in [0.25, 0.3) is 10.2 Å². The Hall–Kier alpha value is -1.92. The normalized spacial score (nSPS) is 11.9. The van der Waals surface area contributed by atoms with Crippen LogP contribution in [0.2, 0.25) is 0 Å². The summed E-state index contributed by atoms with van der Waals surface area (Å²) in [6.45, 7) is 2.79. The van der Waals surface area contributed by atoms with Gasteiger partial charge >= 0.3 is 0 Å². The van der Waals surface area contributed by atoms with Gasteiger partial charge in [-0.15, -0.1) is 0 Å². The second kappa shape index (κ2) is 6.68. The number of carbonyl (C=O) groups excluding carboxylic acids is 1. The van der Waals surface area contributed by atoms with Gasteiger partial charge in [0, 0.05) is 11.0 Å². The fourth-order valence-electron chi connectivity index (χ4n) is 2.41. The predicted octanol–water partition coefficient (Wildman–Crippen LogP) is 4.23. The molecule has 3 aromatic rings. The van der Waals surface area contributed by atoms with Gasteiger partial charge in [0.05, 0.1) is 22.9 Å². The molecule has 0 saturated carbocycles. The Morgan fingerprint density at radius 1 is 1.30 bits per heavy atom. The van der Waals surface area contributed by atoms with E-state index in [-0.39, 0.29) is 5.91 Å². The van der Waals surface area contributed by atoms with Crippen molar-refractivity contribution in [1.29, 1.82) is 0 Å². The van der Waals surface area contributed by atoms with E-state index in [1.807, 2.05) is 35.8 Å². The summed E-state index contributed by atoms with van der Waals surface area (Å²) in [6.07, 6.45) is 0. The molecule has 2 aromatic carbocycles. The number of rotatable bonds is 3. The van der Waals surface area contributed by atoms with E-state index in [0.29, 0.717) is 16.1 Å². The van der Waals surface area contributed by atoms with Crippen LogP contribution in [0.3, 0.4) is 0 Å². The smallest absolute Gasteiger partial charge is 0.283 e. The Morgan fingerprint density at radius 3 is 2.83 bits per heavy atom. The lowest BCUT2D eigenvalue weighted by atomic mass is 10.2. The molecular formula is C17H15BrN2O2S. The first kappa shape index (κ1) is 16.0. The summed E-state index contributed by atoms with van der Waals surface area (Å²) in [4.78, 5) is 17.6. The molecule has 4 nitrogen and oxygen atoms in total. The van der Waals surface area contributed by atoms with Gasteiger partial charge in [-0.25, -0.2) is 0 Å². The van der Waals surface area contributed by atoms with E-state index < -0.39 is 0 Å². The van der Waals surface area contributed by atoms with Crippen LogP contribution in [0.4, 0.5) is 0 Å². The molecule has 1 heterocycles. The topological polar surface area (TPSA) is 43.6 Å². The monoisotopic (exact) mass is 390 g/mol. The SMILES string of the molecule is CCn1c(=NC(=O)c2ccccc2OC)sc2cc(Br)ccc21. The van der Waals surface area contributed by atoms with Gasteiger partial charge in [-0.05, 0) is 37.3 Å². The van der Waals surface area contributed by atoms with Crippen LogP contribution in [0, 0.1) is 0 Å². The number of fused-ring (bicyclic) bond motifs is 1. The Kier molecular flexibility index (Phi) is 4.63. The van der Waals surface area contributed by atoms with E-state index >= 15 is 0 Å². The van der Waals surface area contributed by atoms with E-state index in [9.17, 15) is 4.79 Å². The maximum absolute atomic E-state index is 12.5. The van der Waals surface area contributed by atoms with Gasteiger partial charge in [0.1, 0.15) is 5.75 Å². The quantitative estimate of drug-likeness (QED) is 0.671. The first-order chi connectivity index (χ1) is 11.1. The minimum absolute atomic E-state index is 0.296. The van der Waals surface area contributed by atoms with Crippen LogP contribution in [-0.4, -0.2) is 17.6 Å². The number of methoxy groups -OCH3 is 1. The van der Waals surface area contributed by atoms with Crippen molar-refractivity contribution in [1.82, 2.24) is 4.57 Å². The highest BCUT2D eigenvalue weighted by Crippen LogP contribution is 2.23. The lowest BCUT2D eigenvalue weighted by molar-refractivity contribution is 0.0995. The van der Waals surface area contributed by atoms with Crippen LogP contribution < -0.4 is 9.54 Å². The molecule has 118 valence electrons.